The molecule has 0 saturated heterocycles. The van der Waals surface area contributed by atoms with Crippen LogP contribution in [-0.4, -0.2) is 52.3 Å². The smallest absolute Gasteiger partial charge is 0.319 e. The van der Waals surface area contributed by atoms with Crippen LogP contribution in [0.3, 0.4) is 0 Å². The van der Waals surface area contributed by atoms with Crippen LogP contribution in [0.4, 0.5) is 29.1 Å². The molecule has 0 saturated carbocycles. The molecule has 2 N–H and O–H groups in total. The first-order valence-electron chi connectivity index (χ1n) is 11.9. The number of nitrogens with one attached hydrogen (secondary N) is 2. The molecular formula is C28H24F4N6O2. The molecule has 3 aromatic heterocycles. The SMILES string of the molecule is Cc1cc(F)c(NC(=O)c2ccnc(C(F)(F)F)c2)cc1-c1ccnc(-c2ccnc(NC(=O)CN(C)C)c2)c1. The third-order valence-electron chi connectivity index (χ3n) is 5.73. The fourth-order valence-electron chi connectivity index (χ4n) is 3.88. The summed E-state index contributed by atoms with van der Waals surface area (Å²) in [6.07, 6.45) is -0.766. The highest BCUT2D eigenvalue weighted by Gasteiger charge is 2.33. The molecule has 0 atom stereocenters. The van der Waals surface area contributed by atoms with E-state index in [1.54, 1.807) is 56.4 Å². The van der Waals surface area contributed by atoms with Crippen molar-refractivity contribution in [1.82, 2.24) is 19.9 Å². The summed E-state index contributed by atoms with van der Waals surface area (Å²) in [4.78, 5) is 38.3. The number of hydrogen-bond acceptors (Lipinski definition) is 6. The van der Waals surface area contributed by atoms with Gasteiger partial charge in [0.2, 0.25) is 5.91 Å². The van der Waals surface area contributed by atoms with E-state index in [1.807, 2.05) is 0 Å². The Morgan fingerprint density at radius 3 is 2.30 bits per heavy atom. The summed E-state index contributed by atoms with van der Waals surface area (Å²) in [6, 6.07) is 11.2. The van der Waals surface area contributed by atoms with Crippen molar-refractivity contribution < 1.29 is 27.2 Å². The van der Waals surface area contributed by atoms with Crippen LogP contribution in [-0.2, 0) is 11.0 Å². The molecule has 4 rings (SSSR count). The Balaban J connectivity index is 1.62. The maximum absolute atomic E-state index is 14.8. The van der Waals surface area contributed by atoms with Gasteiger partial charge in [-0.2, -0.15) is 13.2 Å². The van der Waals surface area contributed by atoms with Gasteiger partial charge in [-0.05, 0) is 86.2 Å². The molecular weight excluding hydrogens is 528 g/mol. The molecule has 0 unspecified atom stereocenters. The topological polar surface area (TPSA) is 100 Å². The zero-order chi connectivity index (χ0) is 29.0. The number of rotatable bonds is 7. The van der Waals surface area contributed by atoms with Gasteiger partial charge < -0.3 is 15.5 Å². The number of alkyl halides is 3. The van der Waals surface area contributed by atoms with Crippen molar-refractivity contribution in [1.29, 1.82) is 0 Å². The second-order valence-corrected chi connectivity index (χ2v) is 9.17. The van der Waals surface area contributed by atoms with Gasteiger partial charge in [0.05, 0.1) is 17.9 Å². The summed E-state index contributed by atoms with van der Waals surface area (Å²) < 4.78 is 53.8. The van der Waals surface area contributed by atoms with E-state index in [-0.39, 0.29) is 23.7 Å². The Kier molecular flexibility index (Phi) is 8.19. The number of halogens is 4. The predicted octanol–water partition coefficient (Wildman–Crippen LogP) is 5.42. The molecule has 8 nitrogen and oxygen atoms in total. The van der Waals surface area contributed by atoms with E-state index in [4.69, 9.17) is 0 Å². The molecule has 1 aromatic carbocycles. The van der Waals surface area contributed by atoms with E-state index in [9.17, 15) is 27.2 Å². The molecule has 40 heavy (non-hydrogen) atoms. The lowest BCUT2D eigenvalue weighted by atomic mass is 9.98. The first kappa shape index (κ1) is 28.3. The van der Waals surface area contributed by atoms with Gasteiger partial charge in [0.1, 0.15) is 17.3 Å². The van der Waals surface area contributed by atoms with Gasteiger partial charge in [0, 0.05) is 29.7 Å². The minimum atomic E-state index is -4.73. The maximum Gasteiger partial charge on any atom is 0.433 e. The number of pyridine rings is 3. The van der Waals surface area contributed by atoms with E-state index in [0.29, 0.717) is 39.8 Å². The fraction of sp³-hybridized carbons (Fsp3) is 0.179. The standard InChI is InChI=1S/C28H24F4N6O2/c1-16-10-21(29)23(36-27(40)19-6-8-34-24(12-19)28(30,31)32)14-20(16)17-4-7-33-22(11-17)18-5-9-35-25(13-18)37-26(39)15-38(2)3/h4-14H,15H2,1-3H3,(H,36,40)(H,35,37,39). The van der Waals surface area contributed by atoms with Crippen LogP contribution in [0.1, 0.15) is 21.6 Å². The molecule has 3 heterocycles. The maximum atomic E-state index is 14.8. The highest BCUT2D eigenvalue weighted by atomic mass is 19.4. The van der Waals surface area contributed by atoms with E-state index in [1.165, 1.54) is 18.3 Å². The molecule has 0 fully saturated rings. The molecule has 0 spiro atoms. The monoisotopic (exact) mass is 552 g/mol. The quantitative estimate of drug-likeness (QED) is 0.297. The van der Waals surface area contributed by atoms with E-state index < -0.39 is 23.6 Å². The minimum absolute atomic E-state index is 0.188. The molecule has 2 amide bonds. The van der Waals surface area contributed by atoms with Crippen molar-refractivity contribution in [2.24, 2.45) is 0 Å². The first-order chi connectivity index (χ1) is 18.9. The lowest BCUT2D eigenvalue weighted by Gasteiger charge is -2.14. The first-order valence-corrected chi connectivity index (χ1v) is 11.9. The van der Waals surface area contributed by atoms with Crippen LogP contribution in [0, 0.1) is 12.7 Å². The summed E-state index contributed by atoms with van der Waals surface area (Å²) in [7, 11) is 3.55. The van der Waals surface area contributed by atoms with Crippen LogP contribution >= 0.6 is 0 Å². The summed E-state index contributed by atoms with van der Waals surface area (Å²) in [5.74, 6) is -1.54. The molecule has 0 aliphatic carbocycles. The number of carbonyl (C=O) groups excluding carboxylic acids is 2. The van der Waals surface area contributed by atoms with Gasteiger partial charge >= 0.3 is 6.18 Å². The van der Waals surface area contributed by atoms with Gasteiger partial charge in [0.25, 0.3) is 5.91 Å². The second kappa shape index (κ2) is 11.6. The lowest BCUT2D eigenvalue weighted by Crippen LogP contribution is -2.27. The van der Waals surface area contributed by atoms with Crippen molar-refractivity contribution in [3.05, 3.63) is 89.8 Å². The van der Waals surface area contributed by atoms with Crippen molar-refractivity contribution in [2.45, 2.75) is 13.1 Å². The third-order valence-corrected chi connectivity index (χ3v) is 5.73. The van der Waals surface area contributed by atoms with Gasteiger partial charge in [-0.1, -0.05) is 0 Å². The predicted molar refractivity (Wildman–Crippen MR) is 142 cm³/mol. The van der Waals surface area contributed by atoms with Crippen LogP contribution in [0.15, 0.2) is 67.1 Å². The number of hydrogen-bond donors (Lipinski definition) is 2. The number of benzene rings is 1. The van der Waals surface area contributed by atoms with Crippen molar-refractivity contribution in [2.75, 3.05) is 31.3 Å². The van der Waals surface area contributed by atoms with Crippen LogP contribution in [0.5, 0.6) is 0 Å². The molecule has 0 aliphatic rings. The Morgan fingerprint density at radius 2 is 1.57 bits per heavy atom. The average molecular weight is 553 g/mol. The number of carbonyl (C=O) groups is 2. The Hall–Kier alpha value is -4.71. The molecule has 0 radical (unpaired) electrons. The third kappa shape index (κ3) is 6.83. The van der Waals surface area contributed by atoms with E-state index >= 15 is 0 Å². The number of amides is 2. The zero-order valence-electron chi connectivity index (χ0n) is 21.7. The normalized spacial score (nSPS) is 11.4. The minimum Gasteiger partial charge on any atom is -0.319 e. The number of aryl methyl sites for hydroxylation is 1. The van der Waals surface area contributed by atoms with Crippen molar-refractivity contribution in [3.8, 4) is 22.4 Å². The Morgan fingerprint density at radius 1 is 0.875 bits per heavy atom. The second-order valence-electron chi connectivity index (χ2n) is 9.17. The highest BCUT2D eigenvalue weighted by Crippen LogP contribution is 2.32. The molecule has 0 bridgehead atoms. The summed E-state index contributed by atoms with van der Waals surface area (Å²) in [6.45, 7) is 1.88. The number of aromatic nitrogens is 3. The van der Waals surface area contributed by atoms with Crippen LogP contribution < -0.4 is 10.6 Å². The van der Waals surface area contributed by atoms with E-state index in [2.05, 4.69) is 25.6 Å². The summed E-state index contributed by atoms with van der Waals surface area (Å²) >= 11 is 0. The number of likely N-dealkylation sites (N-methyl/N-ethyl adjacent to an activating group) is 1. The van der Waals surface area contributed by atoms with Gasteiger partial charge in [-0.15, -0.1) is 0 Å². The Labute approximate surface area is 227 Å². The van der Waals surface area contributed by atoms with Crippen molar-refractivity contribution >= 4 is 23.3 Å². The largest absolute Gasteiger partial charge is 0.433 e. The van der Waals surface area contributed by atoms with Crippen LogP contribution in [0.25, 0.3) is 22.4 Å². The lowest BCUT2D eigenvalue weighted by molar-refractivity contribution is -0.141. The van der Waals surface area contributed by atoms with Gasteiger partial charge in [-0.3, -0.25) is 19.6 Å². The number of anilines is 2. The van der Waals surface area contributed by atoms with Gasteiger partial charge in [-0.25, -0.2) is 9.37 Å². The molecule has 0 aliphatic heterocycles. The summed E-state index contributed by atoms with van der Waals surface area (Å²) in [5, 5.41) is 5.08. The zero-order valence-corrected chi connectivity index (χ0v) is 21.7. The van der Waals surface area contributed by atoms with Gasteiger partial charge in [0.15, 0.2) is 0 Å². The molecule has 4 aromatic rings. The van der Waals surface area contributed by atoms with E-state index in [0.717, 1.165) is 12.3 Å². The number of nitrogens with zero attached hydrogens (tertiary/aromatic N) is 4. The van der Waals surface area contributed by atoms with Crippen LogP contribution in [0.2, 0.25) is 0 Å². The average Bonchev–Trinajstić information content (AvgIpc) is 2.89. The van der Waals surface area contributed by atoms with Crippen molar-refractivity contribution in [3.63, 3.8) is 0 Å². The fourth-order valence-corrected chi connectivity index (χ4v) is 3.88. The molecule has 12 heteroatoms. The summed E-state index contributed by atoms with van der Waals surface area (Å²) in [5.41, 5.74) is 1.24. The highest BCUT2D eigenvalue weighted by molar-refractivity contribution is 6.04. The Bertz CT molecular complexity index is 1570. The molecule has 206 valence electrons.